The molecule has 0 radical (unpaired) electrons. The number of hydrogen-bond donors (Lipinski definition) is 1. The Bertz CT molecular complexity index is 820. The Kier molecular flexibility index (Phi) is 6.76. The Hall–Kier alpha value is -2.58. The zero-order chi connectivity index (χ0) is 20.9. The normalized spacial score (nSPS) is 15.4. The van der Waals surface area contributed by atoms with Crippen LogP contribution in [0.25, 0.3) is 0 Å². The fourth-order valence-corrected chi connectivity index (χ4v) is 3.16. The molecule has 0 saturated carbocycles. The van der Waals surface area contributed by atoms with E-state index in [4.69, 9.17) is 4.74 Å². The molecule has 0 atom stereocenters. The summed E-state index contributed by atoms with van der Waals surface area (Å²) in [5.41, 5.74) is 0.269. The Morgan fingerprint density at radius 3 is 2.41 bits per heavy atom. The number of halogens is 3. The maximum absolute atomic E-state index is 13.6. The molecule has 5 nitrogen and oxygen atoms in total. The molecule has 0 aromatic heterocycles. The van der Waals surface area contributed by atoms with Crippen LogP contribution in [0.5, 0.6) is 0 Å². The Labute approximate surface area is 168 Å². The quantitative estimate of drug-likeness (QED) is 0.795. The van der Waals surface area contributed by atoms with E-state index in [-0.39, 0.29) is 18.9 Å². The number of amides is 1. The molecule has 8 heteroatoms. The molecule has 1 saturated heterocycles. The summed E-state index contributed by atoms with van der Waals surface area (Å²) in [7, 11) is 1.98. The summed E-state index contributed by atoms with van der Waals surface area (Å²) in [6.45, 7) is 2.78. The van der Waals surface area contributed by atoms with Crippen molar-refractivity contribution in [2.45, 2.75) is 12.8 Å². The minimum Gasteiger partial charge on any atom is -0.369 e. The van der Waals surface area contributed by atoms with Crippen LogP contribution in [0.4, 0.5) is 24.5 Å². The third kappa shape index (κ3) is 5.95. The largest absolute Gasteiger partial charge is 0.418 e. The number of likely N-dealkylation sites (N-methyl/N-ethyl adjacent to an activating group) is 1. The minimum absolute atomic E-state index is 0.211. The summed E-state index contributed by atoms with van der Waals surface area (Å²) >= 11 is 0. The summed E-state index contributed by atoms with van der Waals surface area (Å²) in [4.78, 5) is 16.1. The summed E-state index contributed by atoms with van der Waals surface area (Å²) in [6, 6.07) is 13.3. The van der Waals surface area contributed by atoms with Gasteiger partial charge in [0.15, 0.2) is 0 Å². The Balaban J connectivity index is 1.65. The van der Waals surface area contributed by atoms with Crippen molar-refractivity contribution in [3.8, 4) is 0 Å². The molecule has 156 valence electrons. The van der Waals surface area contributed by atoms with Crippen molar-refractivity contribution in [2.24, 2.45) is 0 Å². The molecule has 1 amide bonds. The van der Waals surface area contributed by atoms with Crippen LogP contribution in [0.1, 0.15) is 11.1 Å². The first-order valence-corrected chi connectivity index (χ1v) is 9.39. The Morgan fingerprint density at radius 1 is 1.07 bits per heavy atom. The number of nitrogens with zero attached hydrogens (tertiary/aromatic N) is 2. The summed E-state index contributed by atoms with van der Waals surface area (Å²) in [6.07, 6.45) is -4.57. The van der Waals surface area contributed by atoms with Crippen molar-refractivity contribution in [1.82, 2.24) is 4.90 Å². The zero-order valence-electron chi connectivity index (χ0n) is 16.2. The smallest absolute Gasteiger partial charge is 0.369 e. The number of carbonyl (C=O) groups excluding carboxylic acids is 1. The molecule has 0 aliphatic carbocycles. The van der Waals surface area contributed by atoms with Gasteiger partial charge in [-0.1, -0.05) is 30.3 Å². The number of benzene rings is 2. The van der Waals surface area contributed by atoms with Crippen LogP contribution in [0, 0.1) is 0 Å². The van der Waals surface area contributed by atoms with Gasteiger partial charge in [0.05, 0.1) is 17.9 Å². The predicted molar refractivity (Wildman–Crippen MR) is 106 cm³/mol. The van der Waals surface area contributed by atoms with Gasteiger partial charge in [-0.05, 0) is 30.8 Å². The molecule has 2 aromatic rings. The van der Waals surface area contributed by atoms with Crippen LogP contribution < -0.4 is 10.2 Å². The van der Waals surface area contributed by atoms with Gasteiger partial charge < -0.3 is 19.9 Å². The Morgan fingerprint density at radius 2 is 1.76 bits per heavy atom. The average molecular weight is 407 g/mol. The van der Waals surface area contributed by atoms with Gasteiger partial charge in [0.2, 0.25) is 5.91 Å². The first-order valence-electron chi connectivity index (χ1n) is 9.39. The molecule has 0 unspecified atom stereocenters. The monoisotopic (exact) mass is 407 g/mol. The number of rotatable bonds is 6. The second-order valence-electron chi connectivity index (χ2n) is 7.04. The summed E-state index contributed by atoms with van der Waals surface area (Å²) in [5.74, 6) is -0.626. The molecule has 1 N–H and O–H groups in total. The van der Waals surface area contributed by atoms with Crippen molar-refractivity contribution in [1.29, 1.82) is 0 Å². The number of piperazine rings is 1. The van der Waals surface area contributed by atoms with E-state index in [2.05, 4.69) is 10.2 Å². The van der Waals surface area contributed by atoms with Crippen LogP contribution >= 0.6 is 0 Å². The zero-order valence-corrected chi connectivity index (χ0v) is 16.2. The number of alkyl halides is 3. The first-order chi connectivity index (χ1) is 13.8. The lowest BCUT2D eigenvalue weighted by Crippen LogP contribution is -2.44. The topological polar surface area (TPSA) is 44.8 Å². The van der Waals surface area contributed by atoms with Crippen LogP contribution in [-0.4, -0.2) is 50.6 Å². The van der Waals surface area contributed by atoms with Crippen molar-refractivity contribution < 1.29 is 22.7 Å². The third-order valence-corrected chi connectivity index (χ3v) is 4.80. The number of carbonyl (C=O) groups is 1. The molecule has 3 rings (SSSR count). The molecular weight excluding hydrogens is 383 g/mol. The second-order valence-corrected chi connectivity index (χ2v) is 7.04. The van der Waals surface area contributed by atoms with E-state index in [0.717, 1.165) is 24.7 Å². The molecule has 0 bridgehead atoms. The van der Waals surface area contributed by atoms with Crippen molar-refractivity contribution in [3.05, 3.63) is 59.7 Å². The molecule has 0 spiro atoms. The van der Waals surface area contributed by atoms with Crippen molar-refractivity contribution in [3.63, 3.8) is 0 Å². The van der Waals surface area contributed by atoms with E-state index >= 15 is 0 Å². The summed E-state index contributed by atoms with van der Waals surface area (Å²) in [5, 5.41) is 2.33. The van der Waals surface area contributed by atoms with Gasteiger partial charge in [-0.3, -0.25) is 4.79 Å². The molecular formula is C21H24F3N3O2. The number of nitrogens with one attached hydrogen (secondary N) is 1. The van der Waals surface area contributed by atoms with Crippen molar-refractivity contribution >= 4 is 17.3 Å². The minimum atomic E-state index is -4.57. The van der Waals surface area contributed by atoms with Crippen LogP contribution in [-0.2, 0) is 22.3 Å². The van der Waals surface area contributed by atoms with E-state index in [1.54, 1.807) is 6.07 Å². The van der Waals surface area contributed by atoms with E-state index in [0.29, 0.717) is 18.8 Å². The number of anilines is 2. The SMILES string of the molecule is CN1CCN(c2ccc(NC(=O)COCc3ccccc3)c(C(F)(F)F)c2)CC1. The summed E-state index contributed by atoms with van der Waals surface area (Å²) < 4.78 is 46.0. The average Bonchev–Trinajstić information content (AvgIpc) is 2.69. The van der Waals surface area contributed by atoms with Gasteiger partial charge in [-0.25, -0.2) is 0 Å². The highest BCUT2D eigenvalue weighted by atomic mass is 19.4. The van der Waals surface area contributed by atoms with Gasteiger partial charge >= 0.3 is 6.18 Å². The van der Waals surface area contributed by atoms with Crippen LogP contribution in [0.3, 0.4) is 0 Å². The highest BCUT2D eigenvalue weighted by Crippen LogP contribution is 2.37. The lowest BCUT2D eigenvalue weighted by molar-refractivity contribution is -0.137. The standard InChI is InChI=1S/C21H24F3N3O2/c1-26-9-11-27(12-10-26)17-7-8-19(18(13-17)21(22,23)24)25-20(28)15-29-14-16-5-3-2-4-6-16/h2-8,13H,9-12,14-15H2,1H3,(H,25,28). The van der Waals surface area contributed by atoms with E-state index in [9.17, 15) is 18.0 Å². The molecule has 2 aromatic carbocycles. The van der Waals surface area contributed by atoms with Gasteiger partial charge in [-0.2, -0.15) is 13.2 Å². The van der Waals surface area contributed by atoms with Gasteiger partial charge in [0, 0.05) is 31.9 Å². The van der Waals surface area contributed by atoms with Gasteiger partial charge in [0.1, 0.15) is 6.61 Å². The molecule has 1 heterocycles. The maximum atomic E-state index is 13.6. The lowest BCUT2D eigenvalue weighted by atomic mass is 10.1. The maximum Gasteiger partial charge on any atom is 0.418 e. The van der Waals surface area contributed by atoms with Crippen LogP contribution in [0.2, 0.25) is 0 Å². The second kappa shape index (κ2) is 9.28. The number of ether oxygens (including phenoxy) is 1. The van der Waals surface area contributed by atoms with Gasteiger partial charge in [0.25, 0.3) is 0 Å². The van der Waals surface area contributed by atoms with E-state index < -0.39 is 17.6 Å². The van der Waals surface area contributed by atoms with E-state index in [1.807, 2.05) is 42.3 Å². The fraction of sp³-hybridized carbons (Fsp3) is 0.381. The molecule has 1 aliphatic heterocycles. The highest BCUT2D eigenvalue weighted by molar-refractivity contribution is 5.92. The molecule has 1 fully saturated rings. The molecule has 1 aliphatic rings. The number of hydrogen-bond acceptors (Lipinski definition) is 4. The van der Waals surface area contributed by atoms with Gasteiger partial charge in [-0.15, -0.1) is 0 Å². The molecule has 29 heavy (non-hydrogen) atoms. The first kappa shape index (κ1) is 21.1. The van der Waals surface area contributed by atoms with Crippen LogP contribution in [0.15, 0.2) is 48.5 Å². The van der Waals surface area contributed by atoms with Crippen molar-refractivity contribution in [2.75, 3.05) is 50.1 Å². The highest BCUT2D eigenvalue weighted by Gasteiger charge is 2.35. The van der Waals surface area contributed by atoms with E-state index in [1.165, 1.54) is 6.07 Å². The lowest BCUT2D eigenvalue weighted by Gasteiger charge is -2.34. The predicted octanol–water partition coefficient (Wildman–Crippen LogP) is 3.61. The fourth-order valence-electron chi connectivity index (χ4n) is 3.16. The third-order valence-electron chi connectivity index (χ3n) is 4.80.